The van der Waals surface area contributed by atoms with Crippen molar-refractivity contribution >= 4 is 39.0 Å². The molecule has 0 aromatic carbocycles. The van der Waals surface area contributed by atoms with Crippen LogP contribution in [0.3, 0.4) is 0 Å². The normalized spacial score (nSPS) is 15.8. The Kier molecular flexibility index (Phi) is 5.24. The Balaban J connectivity index is 1.46. The van der Waals surface area contributed by atoms with E-state index in [2.05, 4.69) is 15.1 Å². The van der Waals surface area contributed by atoms with Crippen LogP contribution in [0.4, 0.5) is 5.95 Å². The van der Waals surface area contributed by atoms with Crippen LogP contribution in [-0.2, 0) is 21.2 Å². The fourth-order valence-electron chi connectivity index (χ4n) is 3.60. The van der Waals surface area contributed by atoms with E-state index in [1.165, 1.54) is 15.6 Å². The number of nitrogens with two attached hydrogens (primary N) is 1. The zero-order valence-corrected chi connectivity index (χ0v) is 18.6. The molecule has 0 bridgehead atoms. The number of nitrogens with zero attached hydrogens (tertiary/aromatic N) is 6. The second-order valence-electron chi connectivity index (χ2n) is 7.27. The minimum atomic E-state index is -3.51. The average molecular weight is 450 g/mol. The summed E-state index contributed by atoms with van der Waals surface area (Å²) >= 11 is 1.26. The Morgan fingerprint density at radius 3 is 2.47 bits per heavy atom. The van der Waals surface area contributed by atoms with Crippen LogP contribution in [0.2, 0.25) is 0 Å². The molecular formula is C18H23N7O3S2. The van der Waals surface area contributed by atoms with Crippen molar-refractivity contribution in [3.8, 4) is 0 Å². The summed E-state index contributed by atoms with van der Waals surface area (Å²) < 4.78 is 28.9. The number of carbonyl (C=O) groups is 1. The van der Waals surface area contributed by atoms with E-state index < -0.39 is 10.0 Å². The Morgan fingerprint density at radius 2 is 1.83 bits per heavy atom. The van der Waals surface area contributed by atoms with E-state index in [-0.39, 0.29) is 31.4 Å². The molecule has 3 aromatic heterocycles. The molecule has 1 fully saturated rings. The van der Waals surface area contributed by atoms with Crippen LogP contribution in [0, 0.1) is 20.8 Å². The van der Waals surface area contributed by atoms with Gasteiger partial charge in [-0.2, -0.15) is 13.8 Å². The number of fused-ring (bicyclic) bond motifs is 1. The van der Waals surface area contributed by atoms with Crippen LogP contribution in [0.15, 0.2) is 16.3 Å². The lowest BCUT2D eigenvalue weighted by molar-refractivity contribution is -0.131. The van der Waals surface area contributed by atoms with Gasteiger partial charge in [-0.3, -0.25) is 4.79 Å². The second kappa shape index (κ2) is 7.60. The first-order chi connectivity index (χ1) is 14.2. The molecular weight excluding hydrogens is 426 g/mol. The van der Waals surface area contributed by atoms with Gasteiger partial charge in [0.2, 0.25) is 11.9 Å². The molecule has 2 N–H and O–H groups in total. The van der Waals surface area contributed by atoms with Crippen LogP contribution in [0.25, 0.3) is 5.78 Å². The van der Waals surface area contributed by atoms with Gasteiger partial charge in [0.25, 0.3) is 15.8 Å². The number of piperazine rings is 1. The van der Waals surface area contributed by atoms with E-state index >= 15 is 0 Å². The maximum absolute atomic E-state index is 12.9. The van der Waals surface area contributed by atoms with Gasteiger partial charge in [0.1, 0.15) is 4.21 Å². The topological polar surface area (TPSA) is 127 Å². The number of rotatable bonds is 4. The van der Waals surface area contributed by atoms with Crippen LogP contribution < -0.4 is 5.73 Å². The number of aromatic nitrogens is 4. The molecule has 1 aliphatic heterocycles. The number of amides is 1. The summed E-state index contributed by atoms with van der Waals surface area (Å²) in [6.45, 7) is 6.82. The molecule has 0 radical (unpaired) electrons. The number of thiophene rings is 1. The molecule has 1 aliphatic rings. The third-order valence-corrected chi connectivity index (χ3v) is 8.66. The quantitative estimate of drug-likeness (QED) is 0.623. The summed E-state index contributed by atoms with van der Waals surface area (Å²) in [5.41, 5.74) is 7.91. The Bertz CT molecular complexity index is 1220. The van der Waals surface area contributed by atoms with Gasteiger partial charge < -0.3 is 10.6 Å². The summed E-state index contributed by atoms with van der Waals surface area (Å²) in [6.07, 6.45) is 0.164. The molecule has 0 atom stereocenters. The van der Waals surface area contributed by atoms with E-state index in [4.69, 9.17) is 5.73 Å². The number of hydrogen-bond donors (Lipinski definition) is 1. The van der Waals surface area contributed by atoms with Crippen molar-refractivity contribution < 1.29 is 13.2 Å². The molecule has 4 heterocycles. The molecule has 30 heavy (non-hydrogen) atoms. The minimum absolute atomic E-state index is 0.0700. The van der Waals surface area contributed by atoms with Crippen molar-refractivity contribution in [1.82, 2.24) is 28.8 Å². The lowest BCUT2D eigenvalue weighted by Crippen LogP contribution is -2.50. The van der Waals surface area contributed by atoms with Crippen molar-refractivity contribution in [1.29, 1.82) is 0 Å². The molecule has 0 unspecified atom stereocenters. The highest BCUT2D eigenvalue weighted by atomic mass is 32.2. The standard InChI is InChI=1S/C18H23N7O3S2/c1-11-4-5-16(29-11)30(27,28)24-8-6-23(7-9-24)15(26)10-14-12(2)20-18-21-17(19)22-25(18)13(14)3/h4-5H,6-10H2,1-3H3,(H2,19,22). The SMILES string of the molecule is Cc1ccc(S(=O)(=O)N2CCN(C(=O)Cc3c(C)nc4nc(N)nn4c3C)CC2)s1. The largest absolute Gasteiger partial charge is 0.366 e. The van der Waals surface area contributed by atoms with Crippen molar-refractivity contribution in [3.05, 3.63) is 34.0 Å². The van der Waals surface area contributed by atoms with E-state index in [9.17, 15) is 13.2 Å². The minimum Gasteiger partial charge on any atom is -0.366 e. The summed E-state index contributed by atoms with van der Waals surface area (Å²) in [4.78, 5) is 24.0. The molecule has 0 aliphatic carbocycles. The van der Waals surface area contributed by atoms with E-state index in [1.54, 1.807) is 21.5 Å². The lowest BCUT2D eigenvalue weighted by Gasteiger charge is -2.34. The summed E-state index contributed by atoms with van der Waals surface area (Å²) in [6, 6.07) is 3.44. The number of aryl methyl sites for hydroxylation is 3. The third kappa shape index (κ3) is 3.66. The predicted molar refractivity (Wildman–Crippen MR) is 113 cm³/mol. The van der Waals surface area contributed by atoms with Gasteiger partial charge in [-0.1, -0.05) is 0 Å². The Morgan fingerprint density at radius 1 is 1.13 bits per heavy atom. The van der Waals surface area contributed by atoms with Gasteiger partial charge in [0.15, 0.2) is 0 Å². The van der Waals surface area contributed by atoms with Gasteiger partial charge >= 0.3 is 0 Å². The number of hydrogen-bond acceptors (Lipinski definition) is 8. The lowest BCUT2D eigenvalue weighted by atomic mass is 10.1. The molecule has 0 spiro atoms. The highest BCUT2D eigenvalue weighted by Gasteiger charge is 2.31. The van der Waals surface area contributed by atoms with Gasteiger partial charge in [0.05, 0.1) is 6.42 Å². The molecule has 12 heteroatoms. The number of nitrogen functional groups attached to an aromatic ring is 1. The highest BCUT2D eigenvalue weighted by molar-refractivity contribution is 7.91. The monoisotopic (exact) mass is 449 g/mol. The van der Waals surface area contributed by atoms with E-state index in [1.807, 2.05) is 20.8 Å². The van der Waals surface area contributed by atoms with Crippen molar-refractivity contribution in [3.63, 3.8) is 0 Å². The van der Waals surface area contributed by atoms with Gasteiger partial charge in [-0.05, 0) is 32.9 Å². The van der Waals surface area contributed by atoms with Crippen molar-refractivity contribution in [2.24, 2.45) is 0 Å². The highest BCUT2D eigenvalue weighted by Crippen LogP contribution is 2.25. The molecule has 4 rings (SSSR count). The van der Waals surface area contributed by atoms with Gasteiger partial charge in [0, 0.05) is 48.0 Å². The zero-order valence-electron chi connectivity index (χ0n) is 17.0. The zero-order chi connectivity index (χ0) is 21.6. The maximum Gasteiger partial charge on any atom is 0.254 e. The first-order valence-corrected chi connectivity index (χ1v) is 11.7. The summed E-state index contributed by atoms with van der Waals surface area (Å²) in [5.74, 6) is 0.465. The van der Waals surface area contributed by atoms with Crippen LogP contribution in [0.5, 0.6) is 0 Å². The Labute approximate surface area is 178 Å². The maximum atomic E-state index is 12.9. The fraction of sp³-hybridized carbons (Fsp3) is 0.444. The fourth-order valence-corrected chi connectivity index (χ4v) is 6.46. The second-order valence-corrected chi connectivity index (χ2v) is 10.7. The van der Waals surface area contributed by atoms with Crippen LogP contribution in [0.1, 0.15) is 21.8 Å². The first-order valence-electron chi connectivity index (χ1n) is 9.49. The smallest absolute Gasteiger partial charge is 0.254 e. The first kappa shape index (κ1) is 20.7. The number of carbonyl (C=O) groups excluding carboxylic acids is 1. The Hall–Kier alpha value is -2.57. The molecule has 1 amide bonds. The molecule has 3 aromatic rings. The van der Waals surface area contributed by atoms with E-state index in [0.717, 1.165) is 16.1 Å². The van der Waals surface area contributed by atoms with Crippen molar-refractivity contribution in [2.75, 3.05) is 31.9 Å². The molecule has 0 saturated carbocycles. The van der Waals surface area contributed by atoms with Gasteiger partial charge in [-0.15, -0.1) is 16.4 Å². The molecule has 1 saturated heterocycles. The average Bonchev–Trinajstić information content (AvgIpc) is 3.30. The number of anilines is 1. The van der Waals surface area contributed by atoms with E-state index in [0.29, 0.717) is 28.8 Å². The van der Waals surface area contributed by atoms with Crippen LogP contribution >= 0.6 is 11.3 Å². The number of sulfonamides is 1. The summed E-state index contributed by atoms with van der Waals surface area (Å²) in [7, 11) is -3.51. The van der Waals surface area contributed by atoms with Crippen LogP contribution in [-0.4, -0.2) is 69.3 Å². The third-order valence-electron chi connectivity index (χ3n) is 5.29. The predicted octanol–water partition coefficient (Wildman–Crippen LogP) is 0.769. The summed E-state index contributed by atoms with van der Waals surface area (Å²) in [5, 5.41) is 4.13. The molecule has 10 nitrogen and oxygen atoms in total. The van der Waals surface area contributed by atoms with Crippen molar-refractivity contribution in [2.45, 2.75) is 31.4 Å². The molecule has 160 valence electrons. The van der Waals surface area contributed by atoms with Gasteiger partial charge in [-0.25, -0.2) is 13.4 Å².